The van der Waals surface area contributed by atoms with Gasteiger partial charge in [0, 0.05) is 30.0 Å². The maximum absolute atomic E-state index is 13.4. The molecule has 22 heavy (non-hydrogen) atoms. The minimum Gasteiger partial charge on any atom is -0.350 e. The summed E-state index contributed by atoms with van der Waals surface area (Å²) in [6, 6.07) is 4.64. The maximum Gasteiger partial charge on any atom is 0.270 e. The molecule has 2 fully saturated rings. The summed E-state index contributed by atoms with van der Waals surface area (Å²) in [5.41, 5.74) is 8.37. The number of fused-ring (bicyclic) bond motifs is 1. The third-order valence-electron chi connectivity index (χ3n) is 5.16. The Kier molecular flexibility index (Phi) is 3.01. The summed E-state index contributed by atoms with van der Waals surface area (Å²) in [6.07, 6.45) is 2.48. The van der Waals surface area contributed by atoms with Crippen LogP contribution in [0.3, 0.4) is 0 Å². The number of rotatable bonds is 2. The molecular formula is C17H20FN3O. The molecule has 2 atom stereocenters. The standard InChI is InChI=1S/C17H20FN3O/c1-9-12-6-11(18)4-5-15(12)20-16(9)17(22)21-7-13(10-2-3-10)14(19)8-21/h4-6,10,13-14,20H,2-3,7-8,19H2,1H3/t13-,14+/m1/s1. The quantitative estimate of drug-likeness (QED) is 0.895. The summed E-state index contributed by atoms with van der Waals surface area (Å²) in [5.74, 6) is 0.829. The molecule has 1 saturated heterocycles. The number of hydrogen-bond donors (Lipinski definition) is 2. The van der Waals surface area contributed by atoms with Crippen LogP contribution in [0.2, 0.25) is 0 Å². The van der Waals surface area contributed by atoms with Gasteiger partial charge in [0.15, 0.2) is 0 Å². The fourth-order valence-corrected chi connectivity index (χ4v) is 3.71. The van der Waals surface area contributed by atoms with E-state index < -0.39 is 0 Å². The number of likely N-dealkylation sites (tertiary alicyclic amines) is 1. The number of nitrogens with one attached hydrogen (secondary N) is 1. The molecular weight excluding hydrogens is 281 g/mol. The summed E-state index contributed by atoms with van der Waals surface area (Å²) in [5, 5.41) is 0.769. The maximum atomic E-state index is 13.4. The molecule has 116 valence electrons. The van der Waals surface area contributed by atoms with Crippen molar-refractivity contribution in [2.24, 2.45) is 17.6 Å². The topological polar surface area (TPSA) is 62.1 Å². The molecule has 0 spiro atoms. The Bertz CT molecular complexity index is 750. The second-order valence-corrected chi connectivity index (χ2v) is 6.69. The fourth-order valence-electron chi connectivity index (χ4n) is 3.71. The molecule has 1 aromatic heterocycles. The smallest absolute Gasteiger partial charge is 0.270 e. The van der Waals surface area contributed by atoms with E-state index in [0.29, 0.717) is 24.1 Å². The average Bonchev–Trinajstić information content (AvgIpc) is 3.19. The van der Waals surface area contributed by atoms with Gasteiger partial charge >= 0.3 is 0 Å². The zero-order valence-electron chi connectivity index (χ0n) is 12.6. The van der Waals surface area contributed by atoms with Crippen LogP contribution in [0, 0.1) is 24.6 Å². The Morgan fingerprint density at radius 2 is 2.14 bits per heavy atom. The lowest BCUT2D eigenvalue weighted by Crippen LogP contribution is -2.33. The summed E-state index contributed by atoms with van der Waals surface area (Å²) in [6.45, 7) is 3.22. The molecule has 0 radical (unpaired) electrons. The second-order valence-electron chi connectivity index (χ2n) is 6.69. The van der Waals surface area contributed by atoms with Crippen LogP contribution < -0.4 is 5.73 Å². The zero-order chi connectivity index (χ0) is 15.4. The number of aromatic amines is 1. The van der Waals surface area contributed by atoms with Crippen LogP contribution in [-0.2, 0) is 0 Å². The van der Waals surface area contributed by atoms with Gasteiger partial charge in [-0.1, -0.05) is 0 Å². The highest BCUT2D eigenvalue weighted by molar-refractivity contribution is 6.01. The summed E-state index contributed by atoms with van der Waals surface area (Å²) >= 11 is 0. The summed E-state index contributed by atoms with van der Waals surface area (Å²) in [7, 11) is 0. The van der Waals surface area contributed by atoms with E-state index in [-0.39, 0.29) is 17.8 Å². The number of aromatic nitrogens is 1. The van der Waals surface area contributed by atoms with Gasteiger partial charge < -0.3 is 15.6 Å². The van der Waals surface area contributed by atoms with Gasteiger partial charge in [-0.3, -0.25) is 4.79 Å². The molecule has 1 aliphatic carbocycles. The number of H-pyrrole nitrogens is 1. The molecule has 1 aliphatic heterocycles. The number of carbonyl (C=O) groups excluding carboxylic acids is 1. The first-order valence-electron chi connectivity index (χ1n) is 7.87. The molecule has 4 nitrogen and oxygen atoms in total. The average molecular weight is 301 g/mol. The number of halogens is 1. The number of carbonyl (C=O) groups is 1. The van der Waals surface area contributed by atoms with E-state index >= 15 is 0 Å². The highest BCUT2D eigenvalue weighted by atomic mass is 19.1. The van der Waals surface area contributed by atoms with Crippen molar-refractivity contribution in [3.8, 4) is 0 Å². The first-order chi connectivity index (χ1) is 10.5. The summed E-state index contributed by atoms with van der Waals surface area (Å²) < 4.78 is 13.4. The van der Waals surface area contributed by atoms with Gasteiger partial charge in [-0.2, -0.15) is 0 Å². The molecule has 5 heteroatoms. The minimum absolute atomic E-state index is 0.0206. The predicted molar refractivity (Wildman–Crippen MR) is 83.1 cm³/mol. The van der Waals surface area contributed by atoms with Gasteiger partial charge in [0.25, 0.3) is 5.91 Å². The molecule has 0 unspecified atom stereocenters. The van der Waals surface area contributed by atoms with Crippen LogP contribution in [-0.4, -0.2) is 34.9 Å². The lowest BCUT2D eigenvalue weighted by molar-refractivity contribution is 0.0779. The predicted octanol–water partition coefficient (Wildman–Crippen LogP) is 2.42. The van der Waals surface area contributed by atoms with Gasteiger partial charge in [0.2, 0.25) is 0 Å². The number of amides is 1. The third kappa shape index (κ3) is 2.11. The lowest BCUT2D eigenvalue weighted by Gasteiger charge is -2.16. The Morgan fingerprint density at radius 1 is 1.36 bits per heavy atom. The molecule has 1 saturated carbocycles. The number of benzene rings is 1. The molecule has 0 bridgehead atoms. The highest BCUT2D eigenvalue weighted by Crippen LogP contribution is 2.41. The van der Waals surface area contributed by atoms with Crippen LogP contribution >= 0.6 is 0 Å². The number of aryl methyl sites for hydroxylation is 1. The van der Waals surface area contributed by atoms with Gasteiger partial charge in [-0.25, -0.2) is 4.39 Å². The molecule has 1 amide bonds. The fraction of sp³-hybridized carbons (Fsp3) is 0.471. The Labute approximate surface area is 128 Å². The van der Waals surface area contributed by atoms with Crippen molar-refractivity contribution in [3.05, 3.63) is 35.3 Å². The zero-order valence-corrected chi connectivity index (χ0v) is 12.6. The molecule has 1 aromatic carbocycles. The van der Waals surface area contributed by atoms with Crippen LogP contribution in [0.5, 0.6) is 0 Å². The van der Waals surface area contributed by atoms with Crippen LogP contribution in [0.1, 0.15) is 28.9 Å². The first kappa shape index (κ1) is 13.8. The van der Waals surface area contributed by atoms with Crippen LogP contribution in [0.4, 0.5) is 4.39 Å². The Balaban J connectivity index is 1.64. The number of hydrogen-bond acceptors (Lipinski definition) is 2. The molecule has 2 heterocycles. The van der Waals surface area contributed by atoms with Crippen molar-refractivity contribution >= 4 is 16.8 Å². The van der Waals surface area contributed by atoms with E-state index in [0.717, 1.165) is 23.0 Å². The Hall–Kier alpha value is -1.88. The first-order valence-corrected chi connectivity index (χ1v) is 7.87. The highest BCUT2D eigenvalue weighted by Gasteiger charge is 2.42. The van der Waals surface area contributed by atoms with E-state index in [4.69, 9.17) is 5.73 Å². The van der Waals surface area contributed by atoms with Gasteiger partial charge in [-0.15, -0.1) is 0 Å². The van der Waals surface area contributed by atoms with Crippen molar-refractivity contribution in [2.45, 2.75) is 25.8 Å². The van der Waals surface area contributed by atoms with Crippen molar-refractivity contribution in [3.63, 3.8) is 0 Å². The molecule has 2 aromatic rings. The Morgan fingerprint density at radius 3 is 2.86 bits per heavy atom. The molecule has 4 rings (SSSR count). The van der Waals surface area contributed by atoms with E-state index in [1.807, 2.05) is 11.8 Å². The monoisotopic (exact) mass is 301 g/mol. The number of nitrogens with two attached hydrogens (primary N) is 1. The van der Waals surface area contributed by atoms with Crippen molar-refractivity contribution in [1.82, 2.24) is 9.88 Å². The molecule has 3 N–H and O–H groups in total. The lowest BCUT2D eigenvalue weighted by atomic mass is 9.99. The van der Waals surface area contributed by atoms with Crippen molar-refractivity contribution < 1.29 is 9.18 Å². The minimum atomic E-state index is -0.286. The van der Waals surface area contributed by atoms with E-state index in [1.54, 1.807) is 6.07 Å². The normalized spacial score (nSPS) is 25.1. The van der Waals surface area contributed by atoms with Crippen molar-refractivity contribution in [1.29, 1.82) is 0 Å². The molecule has 2 aliphatic rings. The second kappa shape index (κ2) is 4.81. The van der Waals surface area contributed by atoms with Crippen LogP contribution in [0.25, 0.3) is 10.9 Å². The van der Waals surface area contributed by atoms with Crippen LogP contribution in [0.15, 0.2) is 18.2 Å². The SMILES string of the molecule is Cc1c(C(=O)N2C[C@H](C3CC3)[C@@H](N)C2)[nH]c2ccc(F)cc12. The number of nitrogens with zero attached hydrogens (tertiary/aromatic N) is 1. The third-order valence-corrected chi connectivity index (χ3v) is 5.16. The summed E-state index contributed by atoms with van der Waals surface area (Å²) in [4.78, 5) is 17.8. The van der Waals surface area contributed by atoms with Gasteiger partial charge in [0.05, 0.1) is 0 Å². The largest absolute Gasteiger partial charge is 0.350 e. The van der Waals surface area contributed by atoms with Gasteiger partial charge in [0.1, 0.15) is 11.5 Å². The van der Waals surface area contributed by atoms with E-state index in [2.05, 4.69) is 4.98 Å². The van der Waals surface area contributed by atoms with Crippen molar-refractivity contribution in [2.75, 3.05) is 13.1 Å². The van der Waals surface area contributed by atoms with E-state index in [9.17, 15) is 9.18 Å². The van der Waals surface area contributed by atoms with E-state index in [1.165, 1.54) is 25.0 Å². The van der Waals surface area contributed by atoms with Gasteiger partial charge in [-0.05, 0) is 55.4 Å².